The van der Waals surface area contributed by atoms with Crippen molar-refractivity contribution in [3.63, 3.8) is 0 Å². The Morgan fingerprint density at radius 1 is 1.31 bits per heavy atom. The van der Waals surface area contributed by atoms with Crippen molar-refractivity contribution in [3.05, 3.63) is 45.7 Å². The zero-order valence-corrected chi connectivity index (χ0v) is 16.2. The third kappa shape index (κ3) is 2.70. The molecule has 1 aliphatic carbocycles. The quantitative estimate of drug-likeness (QED) is 0.545. The zero-order chi connectivity index (χ0) is 18.3. The summed E-state index contributed by atoms with van der Waals surface area (Å²) >= 11 is 2.26. The van der Waals surface area contributed by atoms with Crippen LogP contribution in [0.1, 0.15) is 24.8 Å². The van der Waals surface area contributed by atoms with Crippen LogP contribution >= 0.6 is 22.6 Å². The number of hydrogen-bond acceptors (Lipinski definition) is 4. The van der Waals surface area contributed by atoms with Crippen LogP contribution in [0.4, 0.5) is 4.79 Å². The molecule has 0 atom stereocenters. The molecule has 134 valence electrons. The Morgan fingerprint density at radius 2 is 2.04 bits per heavy atom. The van der Waals surface area contributed by atoms with E-state index in [0.717, 1.165) is 45.1 Å². The third-order valence-corrected chi connectivity index (χ3v) is 6.03. The second kappa shape index (κ2) is 6.46. The summed E-state index contributed by atoms with van der Waals surface area (Å²) in [4.78, 5) is 15.3. The monoisotopic (exact) mass is 464 g/mol. The van der Waals surface area contributed by atoms with Gasteiger partial charge in [0.25, 0.3) is 5.88 Å². The minimum atomic E-state index is -0.986. The van der Waals surface area contributed by atoms with Gasteiger partial charge in [0, 0.05) is 17.1 Å². The maximum atomic E-state index is 11.1. The number of furan rings is 1. The summed E-state index contributed by atoms with van der Waals surface area (Å²) in [5, 5.41) is 12.8. The number of rotatable bonds is 4. The molecule has 1 aliphatic rings. The molecule has 1 aromatic carbocycles. The number of carboxylic acid groups (broad SMARTS) is 1. The van der Waals surface area contributed by atoms with Crippen molar-refractivity contribution < 1.29 is 19.1 Å². The molecule has 1 saturated carbocycles. The van der Waals surface area contributed by atoms with Gasteiger partial charge in [-0.3, -0.25) is 0 Å². The van der Waals surface area contributed by atoms with E-state index in [1.54, 1.807) is 13.3 Å². The first-order chi connectivity index (χ1) is 12.5. The van der Waals surface area contributed by atoms with Crippen LogP contribution in [0.25, 0.3) is 22.3 Å². The summed E-state index contributed by atoms with van der Waals surface area (Å²) < 4.78 is 12.3. The minimum absolute atomic E-state index is 0.460. The molecule has 7 heteroatoms. The van der Waals surface area contributed by atoms with E-state index in [1.807, 2.05) is 30.3 Å². The first-order valence-corrected chi connectivity index (χ1v) is 9.35. The molecule has 2 aromatic heterocycles. The summed E-state index contributed by atoms with van der Waals surface area (Å²) in [6.45, 7) is 0. The number of carbonyl (C=O) groups is 1. The average molecular weight is 464 g/mol. The fraction of sp³-hybridized carbons (Fsp3) is 0.263. The van der Waals surface area contributed by atoms with Crippen molar-refractivity contribution >= 4 is 39.7 Å². The van der Waals surface area contributed by atoms with Crippen LogP contribution in [-0.4, -0.2) is 23.3 Å². The van der Waals surface area contributed by atoms with Crippen molar-refractivity contribution in [2.75, 3.05) is 7.11 Å². The Bertz CT molecular complexity index is 977. The minimum Gasteiger partial charge on any atom is -0.478 e. The zero-order valence-electron chi connectivity index (χ0n) is 14.1. The molecule has 0 unspecified atom stereocenters. The largest absolute Gasteiger partial charge is 0.478 e. The molecule has 3 aromatic rings. The van der Waals surface area contributed by atoms with E-state index in [2.05, 4.69) is 32.9 Å². The van der Waals surface area contributed by atoms with Gasteiger partial charge in [-0.05, 0) is 53.5 Å². The van der Waals surface area contributed by atoms with Crippen LogP contribution in [-0.2, 0) is 5.54 Å². The van der Waals surface area contributed by atoms with Crippen LogP contribution in [0.2, 0.25) is 0 Å². The van der Waals surface area contributed by atoms with Crippen molar-refractivity contribution in [1.82, 2.24) is 10.3 Å². The average Bonchev–Trinajstić information content (AvgIpc) is 2.95. The second-order valence-electron chi connectivity index (χ2n) is 6.39. The molecule has 0 spiro atoms. The maximum Gasteiger partial charge on any atom is 0.405 e. The first-order valence-electron chi connectivity index (χ1n) is 8.27. The van der Waals surface area contributed by atoms with Gasteiger partial charge >= 0.3 is 6.09 Å². The van der Waals surface area contributed by atoms with Gasteiger partial charge in [0.2, 0.25) is 0 Å². The molecule has 1 amide bonds. The molecule has 0 aliphatic heterocycles. The number of fused-ring (bicyclic) bond motifs is 1. The van der Waals surface area contributed by atoms with Crippen molar-refractivity contribution in [2.24, 2.45) is 0 Å². The van der Waals surface area contributed by atoms with Gasteiger partial charge in [0.05, 0.1) is 16.2 Å². The van der Waals surface area contributed by atoms with Crippen LogP contribution in [0.15, 0.2) is 40.9 Å². The Kier molecular flexibility index (Phi) is 4.26. The molecule has 0 saturated heterocycles. The van der Waals surface area contributed by atoms with Crippen LogP contribution < -0.4 is 10.1 Å². The van der Waals surface area contributed by atoms with Gasteiger partial charge in [-0.25, -0.2) is 9.78 Å². The van der Waals surface area contributed by atoms with E-state index >= 15 is 0 Å². The molecule has 0 bridgehead atoms. The fourth-order valence-corrected chi connectivity index (χ4v) is 4.31. The highest BCUT2D eigenvalue weighted by Gasteiger charge is 2.40. The van der Waals surface area contributed by atoms with Gasteiger partial charge in [-0.15, -0.1) is 0 Å². The smallest absolute Gasteiger partial charge is 0.405 e. The highest BCUT2D eigenvalue weighted by molar-refractivity contribution is 14.1. The summed E-state index contributed by atoms with van der Waals surface area (Å²) in [6, 6.07) is 9.80. The fourth-order valence-electron chi connectivity index (χ4n) is 3.46. The number of benzene rings is 1. The number of halogens is 1. The second-order valence-corrected chi connectivity index (χ2v) is 7.46. The molecule has 0 radical (unpaired) electrons. The molecule has 2 heterocycles. The van der Waals surface area contributed by atoms with Gasteiger partial charge in [-0.1, -0.05) is 24.3 Å². The lowest BCUT2D eigenvalue weighted by Gasteiger charge is -2.42. The predicted molar refractivity (Wildman–Crippen MR) is 105 cm³/mol. The Labute approximate surface area is 163 Å². The predicted octanol–water partition coefficient (Wildman–Crippen LogP) is 4.75. The summed E-state index contributed by atoms with van der Waals surface area (Å²) in [5.41, 5.74) is 2.08. The summed E-state index contributed by atoms with van der Waals surface area (Å²) in [7, 11) is 1.57. The van der Waals surface area contributed by atoms with E-state index in [1.165, 1.54) is 0 Å². The lowest BCUT2D eigenvalue weighted by molar-refractivity contribution is 0.144. The highest BCUT2D eigenvalue weighted by atomic mass is 127. The number of pyridine rings is 1. The van der Waals surface area contributed by atoms with Crippen molar-refractivity contribution in [1.29, 1.82) is 0 Å². The Morgan fingerprint density at radius 3 is 2.62 bits per heavy atom. The maximum absolute atomic E-state index is 11.1. The lowest BCUT2D eigenvalue weighted by Crippen LogP contribution is -2.50. The first kappa shape index (κ1) is 17.1. The van der Waals surface area contributed by atoms with Crippen LogP contribution in [0.3, 0.4) is 0 Å². The van der Waals surface area contributed by atoms with E-state index in [-0.39, 0.29) is 0 Å². The standard InChI is InChI=1S/C19H17IN2O4/c1-25-17-16-13(7-10-21-17)14(20)15(26-16)11-3-5-12(6-4-11)19(8-2-9-19)22-18(23)24/h3-7,10,22H,2,8-9H2,1H3,(H,23,24). The summed E-state index contributed by atoms with van der Waals surface area (Å²) in [6.07, 6.45) is 3.38. The normalized spacial score (nSPS) is 15.5. The van der Waals surface area contributed by atoms with Crippen molar-refractivity contribution in [2.45, 2.75) is 24.8 Å². The van der Waals surface area contributed by atoms with E-state index < -0.39 is 11.6 Å². The molecule has 4 rings (SSSR count). The number of nitrogens with one attached hydrogen (secondary N) is 1. The Balaban J connectivity index is 1.73. The molecule has 6 nitrogen and oxygen atoms in total. The molecule has 2 N–H and O–H groups in total. The van der Waals surface area contributed by atoms with Gasteiger partial charge in [0.1, 0.15) is 5.76 Å². The topological polar surface area (TPSA) is 84.6 Å². The Hall–Kier alpha value is -2.29. The highest BCUT2D eigenvalue weighted by Crippen LogP contribution is 2.43. The number of aromatic nitrogens is 1. The van der Waals surface area contributed by atoms with Crippen LogP contribution in [0.5, 0.6) is 5.88 Å². The number of hydrogen-bond donors (Lipinski definition) is 2. The lowest BCUT2D eigenvalue weighted by atomic mass is 9.72. The van der Waals surface area contributed by atoms with E-state index in [4.69, 9.17) is 14.3 Å². The van der Waals surface area contributed by atoms with Gasteiger partial charge in [0.15, 0.2) is 5.58 Å². The number of amides is 1. The van der Waals surface area contributed by atoms with Crippen molar-refractivity contribution in [3.8, 4) is 17.2 Å². The third-order valence-electron chi connectivity index (χ3n) is 4.96. The SMILES string of the molecule is COc1nccc2c(I)c(-c3ccc(C4(NC(=O)O)CCC4)cc3)oc12. The summed E-state index contributed by atoms with van der Waals surface area (Å²) in [5.74, 6) is 1.22. The van der Waals surface area contributed by atoms with Gasteiger partial charge < -0.3 is 19.6 Å². The molecular formula is C19H17IN2O4. The van der Waals surface area contributed by atoms with Crippen LogP contribution in [0, 0.1) is 3.57 Å². The van der Waals surface area contributed by atoms with Gasteiger partial charge in [-0.2, -0.15) is 0 Å². The number of methoxy groups -OCH3 is 1. The van der Waals surface area contributed by atoms with E-state index in [0.29, 0.717) is 11.5 Å². The molecular weight excluding hydrogens is 447 g/mol. The number of ether oxygens (including phenoxy) is 1. The molecule has 26 heavy (non-hydrogen) atoms. The number of nitrogens with zero attached hydrogens (tertiary/aromatic N) is 1. The van der Waals surface area contributed by atoms with E-state index in [9.17, 15) is 4.79 Å². The molecule has 1 fully saturated rings.